The summed E-state index contributed by atoms with van der Waals surface area (Å²) in [6.45, 7) is 0.532. The van der Waals surface area contributed by atoms with Crippen LogP contribution in [0.25, 0.3) is 4.96 Å². The summed E-state index contributed by atoms with van der Waals surface area (Å²) in [4.78, 5) is 17.2. The van der Waals surface area contributed by atoms with E-state index in [1.807, 2.05) is 22.2 Å². The first-order valence-corrected chi connectivity index (χ1v) is 7.68. The molecule has 1 aromatic carbocycles. The second-order valence-corrected chi connectivity index (χ2v) is 5.77. The summed E-state index contributed by atoms with van der Waals surface area (Å²) in [5, 5.41) is 8.18. The Morgan fingerprint density at radius 3 is 2.90 bits per heavy atom. The summed E-state index contributed by atoms with van der Waals surface area (Å²) in [6, 6.07) is 6.74. The first-order chi connectivity index (χ1) is 10.2. The van der Waals surface area contributed by atoms with Crippen molar-refractivity contribution < 1.29 is 4.79 Å². The number of imidazole rings is 1. The van der Waals surface area contributed by atoms with Gasteiger partial charge in [0.05, 0.1) is 5.69 Å². The van der Waals surface area contributed by atoms with Crippen molar-refractivity contribution in [2.24, 2.45) is 0 Å². The number of thiazole rings is 1. The van der Waals surface area contributed by atoms with Crippen LogP contribution in [0.5, 0.6) is 0 Å². The lowest BCUT2D eigenvalue weighted by molar-refractivity contribution is 0.252. The van der Waals surface area contributed by atoms with Crippen LogP contribution in [0.15, 0.2) is 42.0 Å². The minimum atomic E-state index is -0.238. The summed E-state index contributed by atoms with van der Waals surface area (Å²) < 4.78 is 1.98. The van der Waals surface area contributed by atoms with E-state index in [9.17, 15) is 4.79 Å². The molecule has 0 spiro atoms. The van der Waals surface area contributed by atoms with Crippen LogP contribution in [-0.4, -0.2) is 22.0 Å². The molecule has 0 fully saturated rings. The maximum Gasteiger partial charge on any atom is 0.319 e. The Kier molecular flexibility index (Phi) is 4.08. The van der Waals surface area contributed by atoms with Crippen LogP contribution in [0.1, 0.15) is 5.69 Å². The predicted molar refractivity (Wildman–Crippen MR) is 85.2 cm³/mol. The van der Waals surface area contributed by atoms with Crippen LogP contribution in [-0.2, 0) is 6.42 Å². The number of halogens is 1. The molecule has 2 amide bonds. The molecule has 0 radical (unpaired) electrons. The van der Waals surface area contributed by atoms with Crippen LogP contribution in [0.3, 0.4) is 0 Å². The number of carbonyl (C=O) groups is 1. The normalized spacial score (nSPS) is 10.7. The molecular formula is C14H13ClN4OS. The first kappa shape index (κ1) is 13.9. The van der Waals surface area contributed by atoms with E-state index in [4.69, 9.17) is 11.6 Å². The molecule has 0 aliphatic heterocycles. The van der Waals surface area contributed by atoms with Gasteiger partial charge in [-0.05, 0) is 24.3 Å². The van der Waals surface area contributed by atoms with Crippen molar-refractivity contribution in [3.63, 3.8) is 0 Å². The number of hydrogen-bond donors (Lipinski definition) is 2. The van der Waals surface area contributed by atoms with Crippen LogP contribution in [0.4, 0.5) is 10.5 Å². The lowest BCUT2D eigenvalue weighted by Gasteiger charge is -2.06. The number of amides is 2. The van der Waals surface area contributed by atoms with Crippen molar-refractivity contribution in [1.82, 2.24) is 14.7 Å². The number of aromatic nitrogens is 2. The number of nitrogens with one attached hydrogen (secondary N) is 2. The van der Waals surface area contributed by atoms with Gasteiger partial charge in [0.15, 0.2) is 4.96 Å². The number of anilines is 1. The number of benzene rings is 1. The highest BCUT2D eigenvalue weighted by Gasteiger charge is 2.04. The highest BCUT2D eigenvalue weighted by atomic mass is 35.5. The molecule has 2 aromatic heterocycles. The van der Waals surface area contributed by atoms with Gasteiger partial charge in [0.2, 0.25) is 0 Å². The highest BCUT2D eigenvalue weighted by molar-refractivity contribution is 7.15. The Balaban J connectivity index is 1.47. The van der Waals surface area contributed by atoms with E-state index < -0.39 is 0 Å². The average Bonchev–Trinajstić information content (AvgIpc) is 3.02. The molecule has 3 rings (SSSR count). The quantitative estimate of drug-likeness (QED) is 0.774. The fourth-order valence-corrected chi connectivity index (χ4v) is 2.75. The number of hydrogen-bond acceptors (Lipinski definition) is 3. The molecule has 0 bridgehead atoms. The zero-order chi connectivity index (χ0) is 14.7. The number of fused-ring (bicyclic) bond motifs is 1. The van der Waals surface area contributed by atoms with Gasteiger partial charge in [-0.2, -0.15) is 0 Å². The van der Waals surface area contributed by atoms with E-state index in [2.05, 4.69) is 15.6 Å². The Hall–Kier alpha value is -2.05. The van der Waals surface area contributed by atoms with Crippen LogP contribution in [0.2, 0.25) is 5.02 Å². The molecule has 0 saturated carbocycles. The zero-order valence-electron chi connectivity index (χ0n) is 11.0. The van der Waals surface area contributed by atoms with Crippen molar-refractivity contribution in [2.45, 2.75) is 6.42 Å². The molecule has 108 valence electrons. The van der Waals surface area contributed by atoms with Gasteiger partial charge in [-0.25, -0.2) is 9.78 Å². The molecule has 7 heteroatoms. The number of urea groups is 1. The Bertz CT molecular complexity index is 721. The average molecular weight is 321 g/mol. The van der Waals surface area contributed by atoms with Crippen LogP contribution in [0, 0.1) is 0 Å². The highest BCUT2D eigenvalue weighted by Crippen LogP contribution is 2.13. The van der Waals surface area contributed by atoms with E-state index in [0.717, 1.165) is 10.7 Å². The number of carbonyl (C=O) groups excluding carboxylic acids is 1. The van der Waals surface area contributed by atoms with E-state index in [-0.39, 0.29) is 6.03 Å². The largest absolute Gasteiger partial charge is 0.337 e. The third-order valence-corrected chi connectivity index (χ3v) is 3.93. The Morgan fingerprint density at radius 1 is 1.33 bits per heavy atom. The van der Waals surface area contributed by atoms with Gasteiger partial charge in [0.1, 0.15) is 0 Å². The fraction of sp³-hybridized carbons (Fsp3) is 0.143. The zero-order valence-corrected chi connectivity index (χ0v) is 12.6. The Morgan fingerprint density at radius 2 is 2.14 bits per heavy atom. The summed E-state index contributed by atoms with van der Waals surface area (Å²) in [5.41, 5.74) is 1.67. The van der Waals surface area contributed by atoms with Gasteiger partial charge < -0.3 is 10.6 Å². The molecule has 2 heterocycles. The first-order valence-electron chi connectivity index (χ1n) is 6.42. The van der Waals surface area contributed by atoms with Gasteiger partial charge >= 0.3 is 6.03 Å². The van der Waals surface area contributed by atoms with Crippen molar-refractivity contribution in [3.05, 3.63) is 52.8 Å². The predicted octanol–water partition coefficient (Wildman–Crippen LogP) is 3.41. The van der Waals surface area contributed by atoms with Gasteiger partial charge in [0, 0.05) is 41.4 Å². The second-order valence-electron chi connectivity index (χ2n) is 4.46. The van der Waals surface area contributed by atoms with Gasteiger partial charge in [-0.1, -0.05) is 11.6 Å². The third-order valence-electron chi connectivity index (χ3n) is 2.91. The molecule has 0 aliphatic rings. The van der Waals surface area contributed by atoms with E-state index in [0.29, 0.717) is 23.7 Å². The molecule has 0 atom stereocenters. The molecule has 0 aliphatic carbocycles. The second kappa shape index (κ2) is 6.15. The molecule has 21 heavy (non-hydrogen) atoms. The monoisotopic (exact) mass is 320 g/mol. The van der Waals surface area contributed by atoms with Crippen molar-refractivity contribution in [2.75, 3.05) is 11.9 Å². The van der Waals surface area contributed by atoms with Crippen LogP contribution < -0.4 is 10.6 Å². The standard InChI is InChI=1S/C14H13ClN4OS/c15-10-1-3-11(4-2-10)17-13(20)16-6-5-12-9-19-7-8-21-14(19)18-12/h1-4,7-9H,5-6H2,(H2,16,17,20). The van der Waals surface area contributed by atoms with Crippen LogP contribution >= 0.6 is 22.9 Å². The molecule has 2 N–H and O–H groups in total. The summed E-state index contributed by atoms with van der Waals surface area (Å²) in [6.07, 6.45) is 4.64. The van der Waals surface area contributed by atoms with Gasteiger partial charge in [-0.3, -0.25) is 4.40 Å². The van der Waals surface area contributed by atoms with Crippen molar-refractivity contribution in [3.8, 4) is 0 Å². The molecule has 0 unspecified atom stereocenters. The number of nitrogens with zero attached hydrogens (tertiary/aromatic N) is 2. The maximum absolute atomic E-state index is 11.7. The molecule has 0 saturated heterocycles. The topological polar surface area (TPSA) is 58.4 Å². The summed E-state index contributed by atoms with van der Waals surface area (Å²) >= 11 is 7.38. The maximum atomic E-state index is 11.7. The summed E-state index contributed by atoms with van der Waals surface area (Å²) in [5.74, 6) is 0. The SMILES string of the molecule is O=C(NCCc1cn2ccsc2n1)Nc1ccc(Cl)cc1. The molecular weight excluding hydrogens is 308 g/mol. The Labute approximate surface area is 130 Å². The minimum Gasteiger partial charge on any atom is -0.337 e. The summed E-state index contributed by atoms with van der Waals surface area (Å²) in [7, 11) is 0. The molecule has 5 nitrogen and oxygen atoms in total. The van der Waals surface area contributed by atoms with Crippen molar-refractivity contribution >= 4 is 39.6 Å². The minimum absolute atomic E-state index is 0.238. The number of rotatable bonds is 4. The third kappa shape index (κ3) is 3.53. The van der Waals surface area contributed by atoms with Crippen molar-refractivity contribution in [1.29, 1.82) is 0 Å². The van der Waals surface area contributed by atoms with E-state index in [1.165, 1.54) is 0 Å². The lowest BCUT2D eigenvalue weighted by atomic mass is 10.3. The molecule has 3 aromatic rings. The van der Waals surface area contributed by atoms with Gasteiger partial charge in [-0.15, -0.1) is 11.3 Å². The van der Waals surface area contributed by atoms with E-state index in [1.54, 1.807) is 35.6 Å². The van der Waals surface area contributed by atoms with E-state index >= 15 is 0 Å². The smallest absolute Gasteiger partial charge is 0.319 e. The van der Waals surface area contributed by atoms with Gasteiger partial charge in [0.25, 0.3) is 0 Å². The fourth-order valence-electron chi connectivity index (χ4n) is 1.91. The lowest BCUT2D eigenvalue weighted by Crippen LogP contribution is -2.30.